The summed E-state index contributed by atoms with van der Waals surface area (Å²) in [7, 11) is -3.51. The van der Waals surface area contributed by atoms with E-state index in [1.54, 1.807) is 6.07 Å². The molecule has 0 aromatic heterocycles. The van der Waals surface area contributed by atoms with E-state index in [-0.39, 0.29) is 12.1 Å². The molecule has 0 radical (unpaired) electrons. The van der Waals surface area contributed by atoms with E-state index in [1.807, 2.05) is 32.9 Å². The van der Waals surface area contributed by atoms with E-state index in [0.717, 1.165) is 24.1 Å². The monoisotopic (exact) mass is 312 g/mol. The zero-order valence-electron chi connectivity index (χ0n) is 12.8. The number of ether oxygens (including phenoxy) is 1. The molecular formula is C15H24N2O3S. The van der Waals surface area contributed by atoms with Crippen LogP contribution < -0.4 is 10.0 Å². The van der Waals surface area contributed by atoms with Gasteiger partial charge in [0.2, 0.25) is 10.0 Å². The molecule has 0 bridgehead atoms. The second-order valence-electron chi connectivity index (χ2n) is 5.47. The van der Waals surface area contributed by atoms with Crippen LogP contribution in [-0.2, 0) is 21.3 Å². The Balaban J connectivity index is 2.22. The van der Waals surface area contributed by atoms with Crippen molar-refractivity contribution in [1.29, 1.82) is 0 Å². The van der Waals surface area contributed by atoms with Crippen LogP contribution in [0.3, 0.4) is 0 Å². The third-order valence-corrected chi connectivity index (χ3v) is 5.44. The molecule has 2 rings (SSSR count). The molecule has 0 spiro atoms. The normalized spacial score (nSPS) is 22.6. The first-order valence-corrected chi connectivity index (χ1v) is 8.86. The minimum Gasteiger partial charge on any atom is -0.377 e. The first kappa shape index (κ1) is 16.4. The van der Waals surface area contributed by atoms with E-state index >= 15 is 0 Å². The Morgan fingerprint density at radius 3 is 2.76 bits per heavy atom. The van der Waals surface area contributed by atoms with Crippen LogP contribution in [0.2, 0.25) is 0 Å². The number of sulfonamides is 1. The lowest BCUT2D eigenvalue weighted by Crippen LogP contribution is -2.39. The number of hydrogen-bond acceptors (Lipinski definition) is 4. The van der Waals surface area contributed by atoms with Gasteiger partial charge in [0.1, 0.15) is 0 Å². The smallest absolute Gasteiger partial charge is 0.241 e. The van der Waals surface area contributed by atoms with E-state index < -0.39 is 10.0 Å². The molecule has 1 heterocycles. The topological polar surface area (TPSA) is 67.4 Å². The van der Waals surface area contributed by atoms with Crippen molar-refractivity contribution in [2.75, 3.05) is 13.2 Å². The third kappa shape index (κ3) is 4.03. The average Bonchev–Trinajstić information content (AvgIpc) is 2.82. The van der Waals surface area contributed by atoms with E-state index in [0.29, 0.717) is 18.0 Å². The second kappa shape index (κ2) is 6.87. The van der Waals surface area contributed by atoms with Gasteiger partial charge in [0.15, 0.2) is 0 Å². The van der Waals surface area contributed by atoms with Crippen LogP contribution in [-0.4, -0.2) is 33.7 Å². The predicted molar refractivity (Wildman–Crippen MR) is 82.7 cm³/mol. The van der Waals surface area contributed by atoms with Gasteiger partial charge >= 0.3 is 0 Å². The highest BCUT2D eigenvalue weighted by atomic mass is 32.2. The van der Waals surface area contributed by atoms with Crippen molar-refractivity contribution in [2.24, 2.45) is 0 Å². The summed E-state index contributed by atoms with van der Waals surface area (Å²) in [5, 5.41) is 3.21. The lowest BCUT2D eigenvalue weighted by atomic mass is 10.1. The van der Waals surface area contributed by atoms with Crippen molar-refractivity contribution in [2.45, 2.75) is 50.8 Å². The molecule has 1 aliphatic heterocycles. The van der Waals surface area contributed by atoms with Crippen LogP contribution in [0.1, 0.15) is 31.4 Å². The second-order valence-corrected chi connectivity index (χ2v) is 7.15. The maximum absolute atomic E-state index is 12.6. The van der Waals surface area contributed by atoms with Crippen molar-refractivity contribution < 1.29 is 13.2 Å². The Bertz CT molecular complexity index is 587. The first-order valence-electron chi connectivity index (χ1n) is 7.38. The van der Waals surface area contributed by atoms with Gasteiger partial charge in [-0.2, -0.15) is 0 Å². The van der Waals surface area contributed by atoms with Crippen LogP contribution in [0, 0.1) is 6.92 Å². The van der Waals surface area contributed by atoms with Crippen LogP contribution >= 0.6 is 0 Å². The molecule has 1 saturated heterocycles. The van der Waals surface area contributed by atoms with Crippen LogP contribution in [0.25, 0.3) is 0 Å². The number of nitrogens with one attached hydrogen (secondary N) is 2. The van der Waals surface area contributed by atoms with Crippen LogP contribution in [0.5, 0.6) is 0 Å². The standard InChI is InChI=1S/C15H24N2O3S/c1-4-16-10-13-6-5-11(2)15(9-13)21(18,19)17-14-7-8-20-12(14)3/h5-6,9,12,14,16-17H,4,7-8,10H2,1-3H3. The molecule has 5 nitrogen and oxygen atoms in total. The molecule has 1 aliphatic rings. The maximum Gasteiger partial charge on any atom is 0.241 e. The third-order valence-electron chi connectivity index (χ3n) is 3.80. The highest BCUT2D eigenvalue weighted by Gasteiger charge is 2.29. The lowest BCUT2D eigenvalue weighted by Gasteiger charge is -2.18. The van der Waals surface area contributed by atoms with Crippen molar-refractivity contribution in [1.82, 2.24) is 10.0 Å². The van der Waals surface area contributed by atoms with Gasteiger partial charge in [-0.15, -0.1) is 0 Å². The van der Waals surface area contributed by atoms with E-state index in [9.17, 15) is 8.42 Å². The lowest BCUT2D eigenvalue weighted by molar-refractivity contribution is 0.117. The van der Waals surface area contributed by atoms with Crippen molar-refractivity contribution in [3.63, 3.8) is 0 Å². The zero-order valence-corrected chi connectivity index (χ0v) is 13.7. The molecule has 1 fully saturated rings. The van der Waals surface area contributed by atoms with Gasteiger partial charge in [-0.25, -0.2) is 13.1 Å². The summed E-state index contributed by atoms with van der Waals surface area (Å²) < 4.78 is 33.4. The summed E-state index contributed by atoms with van der Waals surface area (Å²) in [6.07, 6.45) is 0.640. The highest BCUT2D eigenvalue weighted by molar-refractivity contribution is 7.89. The highest BCUT2D eigenvalue weighted by Crippen LogP contribution is 2.20. The summed E-state index contributed by atoms with van der Waals surface area (Å²) >= 11 is 0. The van der Waals surface area contributed by atoms with Crippen LogP contribution in [0.4, 0.5) is 0 Å². The van der Waals surface area contributed by atoms with Crippen LogP contribution in [0.15, 0.2) is 23.1 Å². The SMILES string of the molecule is CCNCc1ccc(C)c(S(=O)(=O)NC2CCOC2C)c1. The molecule has 2 N–H and O–H groups in total. The fourth-order valence-corrected chi connectivity index (χ4v) is 4.10. The molecule has 1 aromatic carbocycles. The van der Waals surface area contributed by atoms with Gasteiger partial charge in [0.25, 0.3) is 0 Å². The molecule has 0 aliphatic carbocycles. The molecule has 1 aromatic rings. The Hall–Kier alpha value is -0.950. The number of aryl methyl sites for hydroxylation is 1. The maximum atomic E-state index is 12.6. The van der Waals surface area contributed by atoms with Gasteiger partial charge in [-0.05, 0) is 44.0 Å². The molecular weight excluding hydrogens is 288 g/mol. The summed E-state index contributed by atoms with van der Waals surface area (Å²) in [6, 6.07) is 5.42. The van der Waals surface area contributed by atoms with Crippen molar-refractivity contribution in [3.05, 3.63) is 29.3 Å². The molecule has 6 heteroatoms. The predicted octanol–water partition coefficient (Wildman–Crippen LogP) is 1.56. The van der Waals surface area contributed by atoms with Gasteiger partial charge in [0.05, 0.1) is 17.0 Å². The minimum absolute atomic E-state index is 0.0787. The van der Waals surface area contributed by atoms with Crippen molar-refractivity contribution in [3.8, 4) is 0 Å². The van der Waals surface area contributed by atoms with Gasteiger partial charge in [-0.3, -0.25) is 0 Å². The van der Waals surface area contributed by atoms with Gasteiger partial charge in [0, 0.05) is 13.2 Å². The van der Waals surface area contributed by atoms with E-state index in [1.165, 1.54) is 0 Å². The Morgan fingerprint density at radius 2 is 2.14 bits per heavy atom. The average molecular weight is 312 g/mol. The molecule has 0 amide bonds. The zero-order chi connectivity index (χ0) is 15.5. The minimum atomic E-state index is -3.51. The largest absolute Gasteiger partial charge is 0.377 e. The summed E-state index contributed by atoms with van der Waals surface area (Å²) in [5.41, 5.74) is 1.73. The van der Waals surface area contributed by atoms with E-state index in [2.05, 4.69) is 10.0 Å². The fourth-order valence-electron chi connectivity index (χ4n) is 2.46. The number of hydrogen-bond donors (Lipinski definition) is 2. The number of rotatable bonds is 6. The molecule has 2 atom stereocenters. The first-order chi connectivity index (χ1) is 9.94. The van der Waals surface area contributed by atoms with Crippen molar-refractivity contribution >= 4 is 10.0 Å². The Kier molecular flexibility index (Phi) is 5.37. The van der Waals surface area contributed by atoms with E-state index in [4.69, 9.17) is 4.74 Å². The molecule has 21 heavy (non-hydrogen) atoms. The van der Waals surface area contributed by atoms with Gasteiger partial charge in [-0.1, -0.05) is 19.1 Å². The summed E-state index contributed by atoms with van der Waals surface area (Å²) in [5.74, 6) is 0. The molecule has 118 valence electrons. The summed E-state index contributed by atoms with van der Waals surface area (Å²) in [6.45, 7) is 7.87. The fraction of sp³-hybridized carbons (Fsp3) is 0.600. The molecule has 0 saturated carbocycles. The van der Waals surface area contributed by atoms with Gasteiger partial charge < -0.3 is 10.1 Å². The quantitative estimate of drug-likeness (QED) is 0.836. The Labute approximate surface area is 127 Å². The summed E-state index contributed by atoms with van der Waals surface area (Å²) in [4.78, 5) is 0.358. The number of benzene rings is 1. The Morgan fingerprint density at radius 1 is 1.38 bits per heavy atom. The molecule has 2 unspecified atom stereocenters.